The van der Waals surface area contributed by atoms with Crippen molar-refractivity contribution >= 4 is 17.0 Å². The average molecular weight is 220 g/mol. The van der Waals surface area contributed by atoms with Crippen molar-refractivity contribution in [3.8, 4) is 0 Å². The van der Waals surface area contributed by atoms with Crippen LogP contribution in [0.2, 0.25) is 0 Å². The minimum Gasteiger partial charge on any atom is -0.481 e. The van der Waals surface area contributed by atoms with Gasteiger partial charge in [0.15, 0.2) is 0 Å². The number of carboxylic acids is 1. The van der Waals surface area contributed by atoms with Gasteiger partial charge in [-0.05, 0) is 17.7 Å². The number of imidazole rings is 1. The highest BCUT2D eigenvalue weighted by atomic mass is 16.5. The van der Waals surface area contributed by atoms with E-state index in [-0.39, 0.29) is 6.61 Å². The molecule has 1 unspecified atom stereocenters. The van der Waals surface area contributed by atoms with Gasteiger partial charge in [-0.3, -0.25) is 4.79 Å². The van der Waals surface area contributed by atoms with Crippen LogP contribution in [0.5, 0.6) is 0 Å². The molecule has 1 heterocycles. The minimum absolute atomic E-state index is 0.162. The summed E-state index contributed by atoms with van der Waals surface area (Å²) in [5.74, 6) is -1.53. The third-order valence-corrected chi connectivity index (χ3v) is 2.48. The molecule has 5 nitrogen and oxygen atoms in total. The lowest BCUT2D eigenvalue weighted by atomic mass is 10.00. The van der Waals surface area contributed by atoms with Gasteiger partial charge in [-0.1, -0.05) is 6.07 Å². The van der Waals surface area contributed by atoms with Crippen molar-refractivity contribution in [2.45, 2.75) is 5.92 Å². The molecule has 1 aromatic heterocycles. The number of rotatable bonds is 4. The normalized spacial score (nSPS) is 12.8. The predicted octanol–water partition coefficient (Wildman–Crippen LogP) is 1.38. The maximum Gasteiger partial charge on any atom is 0.313 e. The summed E-state index contributed by atoms with van der Waals surface area (Å²) in [5.41, 5.74) is 2.37. The number of H-pyrrole nitrogens is 1. The third kappa shape index (κ3) is 1.90. The van der Waals surface area contributed by atoms with Gasteiger partial charge in [-0.2, -0.15) is 0 Å². The second kappa shape index (κ2) is 4.32. The van der Waals surface area contributed by atoms with Crippen LogP contribution in [0.4, 0.5) is 0 Å². The monoisotopic (exact) mass is 220 g/mol. The van der Waals surface area contributed by atoms with Crippen LogP contribution >= 0.6 is 0 Å². The Balaban J connectivity index is 2.39. The number of aliphatic carboxylic acids is 1. The van der Waals surface area contributed by atoms with Crippen molar-refractivity contribution < 1.29 is 14.6 Å². The van der Waals surface area contributed by atoms with Crippen molar-refractivity contribution in [1.82, 2.24) is 9.97 Å². The van der Waals surface area contributed by atoms with Gasteiger partial charge in [-0.15, -0.1) is 0 Å². The summed E-state index contributed by atoms with van der Waals surface area (Å²) in [6.45, 7) is 0.162. The Morgan fingerprint density at radius 3 is 3.12 bits per heavy atom. The van der Waals surface area contributed by atoms with Crippen LogP contribution in [0.15, 0.2) is 24.5 Å². The average Bonchev–Trinajstić information content (AvgIpc) is 2.72. The van der Waals surface area contributed by atoms with Crippen LogP contribution < -0.4 is 0 Å². The summed E-state index contributed by atoms with van der Waals surface area (Å²) in [5, 5.41) is 9.07. The number of ether oxygens (including phenoxy) is 1. The maximum atomic E-state index is 11.1. The first-order valence-electron chi connectivity index (χ1n) is 4.87. The summed E-state index contributed by atoms with van der Waals surface area (Å²) in [6.07, 6.45) is 1.58. The molecule has 0 saturated carbocycles. The Hall–Kier alpha value is -1.88. The largest absolute Gasteiger partial charge is 0.481 e. The SMILES string of the molecule is COCC(C(=O)O)c1ccc2nc[nH]c2c1. The summed E-state index contributed by atoms with van der Waals surface area (Å²) in [4.78, 5) is 18.1. The van der Waals surface area contributed by atoms with Crippen molar-refractivity contribution in [2.75, 3.05) is 13.7 Å². The Kier molecular flexibility index (Phi) is 2.87. The molecule has 16 heavy (non-hydrogen) atoms. The van der Waals surface area contributed by atoms with E-state index in [0.29, 0.717) is 5.56 Å². The molecule has 0 amide bonds. The van der Waals surface area contributed by atoms with Crippen molar-refractivity contribution in [3.05, 3.63) is 30.1 Å². The summed E-state index contributed by atoms with van der Waals surface area (Å²) in [7, 11) is 1.49. The fraction of sp³-hybridized carbons (Fsp3) is 0.273. The number of nitrogens with one attached hydrogen (secondary N) is 1. The van der Waals surface area contributed by atoms with E-state index in [1.54, 1.807) is 24.5 Å². The molecule has 1 atom stereocenters. The number of carbonyl (C=O) groups is 1. The number of carboxylic acid groups (broad SMARTS) is 1. The predicted molar refractivity (Wildman–Crippen MR) is 58.3 cm³/mol. The van der Waals surface area contributed by atoms with E-state index in [9.17, 15) is 4.79 Å². The zero-order valence-corrected chi connectivity index (χ0v) is 8.80. The first kappa shape index (κ1) is 10.6. The lowest BCUT2D eigenvalue weighted by molar-refractivity contribution is -0.140. The maximum absolute atomic E-state index is 11.1. The highest BCUT2D eigenvalue weighted by Gasteiger charge is 2.19. The van der Waals surface area contributed by atoms with Gasteiger partial charge in [-0.25, -0.2) is 4.98 Å². The van der Waals surface area contributed by atoms with Crippen LogP contribution in [0.25, 0.3) is 11.0 Å². The molecule has 84 valence electrons. The second-order valence-corrected chi connectivity index (χ2v) is 3.53. The minimum atomic E-state index is -0.888. The molecule has 0 fully saturated rings. The molecule has 0 aliphatic carbocycles. The van der Waals surface area contributed by atoms with Gasteiger partial charge in [0.05, 0.1) is 24.0 Å². The molecule has 0 radical (unpaired) electrons. The summed E-state index contributed by atoms with van der Waals surface area (Å²) in [6, 6.07) is 5.36. The lowest BCUT2D eigenvalue weighted by Gasteiger charge is -2.11. The van der Waals surface area contributed by atoms with E-state index in [4.69, 9.17) is 9.84 Å². The number of aromatic amines is 1. The zero-order chi connectivity index (χ0) is 11.5. The molecular formula is C11H12N2O3. The highest BCUT2D eigenvalue weighted by molar-refractivity contribution is 5.80. The van der Waals surface area contributed by atoms with Gasteiger partial charge >= 0.3 is 5.97 Å². The third-order valence-electron chi connectivity index (χ3n) is 2.48. The molecule has 0 spiro atoms. The number of methoxy groups -OCH3 is 1. The van der Waals surface area contributed by atoms with Crippen molar-refractivity contribution in [2.24, 2.45) is 0 Å². The summed E-state index contributed by atoms with van der Waals surface area (Å²) < 4.78 is 4.91. The number of nitrogens with zero attached hydrogens (tertiary/aromatic N) is 1. The number of fused-ring (bicyclic) bond motifs is 1. The van der Waals surface area contributed by atoms with Crippen LogP contribution in [-0.2, 0) is 9.53 Å². The fourth-order valence-electron chi connectivity index (χ4n) is 1.65. The molecule has 0 aliphatic heterocycles. The Labute approximate surface area is 92.1 Å². The quantitative estimate of drug-likeness (QED) is 0.816. The Bertz CT molecular complexity index is 507. The number of benzene rings is 1. The number of hydrogen-bond donors (Lipinski definition) is 2. The number of hydrogen-bond acceptors (Lipinski definition) is 3. The van der Waals surface area contributed by atoms with Crippen LogP contribution in [0, 0.1) is 0 Å². The fourth-order valence-corrected chi connectivity index (χ4v) is 1.65. The van der Waals surface area contributed by atoms with Crippen LogP contribution in [0.3, 0.4) is 0 Å². The molecular weight excluding hydrogens is 208 g/mol. The van der Waals surface area contributed by atoms with Crippen molar-refractivity contribution in [1.29, 1.82) is 0 Å². The number of aromatic nitrogens is 2. The van der Waals surface area contributed by atoms with E-state index >= 15 is 0 Å². The molecule has 2 rings (SSSR count). The van der Waals surface area contributed by atoms with Crippen molar-refractivity contribution in [3.63, 3.8) is 0 Å². The van der Waals surface area contributed by atoms with Crippen LogP contribution in [0.1, 0.15) is 11.5 Å². The van der Waals surface area contributed by atoms with E-state index < -0.39 is 11.9 Å². The van der Waals surface area contributed by atoms with E-state index in [1.807, 2.05) is 0 Å². The van der Waals surface area contributed by atoms with Gasteiger partial charge < -0.3 is 14.8 Å². The standard InChI is InChI=1S/C11H12N2O3/c1-16-5-8(11(14)15)7-2-3-9-10(4-7)13-6-12-9/h2-4,6,8H,5H2,1H3,(H,12,13)(H,14,15). The van der Waals surface area contributed by atoms with Gasteiger partial charge in [0.1, 0.15) is 5.92 Å². The molecule has 0 saturated heterocycles. The molecule has 2 N–H and O–H groups in total. The second-order valence-electron chi connectivity index (χ2n) is 3.53. The molecule has 5 heteroatoms. The van der Waals surface area contributed by atoms with Gasteiger partial charge in [0.2, 0.25) is 0 Å². The van der Waals surface area contributed by atoms with E-state index in [2.05, 4.69) is 9.97 Å². The smallest absolute Gasteiger partial charge is 0.313 e. The molecule has 0 bridgehead atoms. The zero-order valence-electron chi connectivity index (χ0n) is 8.80. The molecule has 2 aromatic rings. The van der Waals surface area contributed by atoms with E-state index in [0.717, 1.165) is 11.0 Å². The van der Waals surface area contributed by atoms with E-state index in [1.165, 1.54) is 7.11 Å². The molecule has 0 aliphatic rings. The lowest BCUT2D eigenvalue weighted by Crippen LogP contribution is -2.16. The Morgan fingerprint density at radius 1 is 1.62 bits per heavy atom. The van der Waals surface area contributed by atoms with Gasteiger partial charge in [0.25, 0.3) is 0 Å². The summed E-state index contributed by atoms with van der Waals surface area (Å²) >= 11 is 0. The first-order valence-corrected chi connectivity index (χ1v) is 4.87. The van der Waals surface area contributed by atoms with Gasteiger partial charge in [0, 0.05) is 7.11 Å². The highest BCUT2D eigenvalue weighted by Crippen LogP contribution is 2.20. The van der Waals surface area contributed by atoms with Crippen LogP contribution in [-0.4, -0.2) is 34.8 Å². The first-order chi connectivity index (χ1) is 7.72. The topological polar surface area (TPSA) is 75.2 Å². The Morgan fingerprint density at radius 2 is 2.44 bits per heavy atom. The molecule has 1 aromatic carbocycles.